The van der Waals surface area contributed by atoms with Gasteiger partial charge in [0.2, 0.25) is 0 Å². The first-order chi connectivity index (χ1) is 8.22. The third-order valence-corrected chi connectivity index (χ3v) is 2.73. The van der Waals surface area contributed by atoms with E-state index < -0.39 is 0 Å². The van der Waals surface area contributed by atoms with Crippen LogP contribution < -0.4 is 5.32 Å². The second kappa shape index (κ2) is 5.10. The molecule has 90 valence electrons. The van der Waals surface area contributed by atoms with Gasteiger partial charge in [-0.2, -0.15) is 5.10 Å². The van der Waals surface area contributed by atoms with E-state index in [9.17, 15) is 4.39 Å². The monoisotopic (exact) mass is 233 g/mol. The van der Waals surface area contributed by atoms with E-state index in [2.05, 4.69) is 10.4 Å². The Labute approximate surface area is 100 Å². The highest BCUT2D eigenvalue weighted by Gasteiger charge is 2.09. The Morgan fingerprint density at radius 2 is 2.29 bits per heavy atom. The van der Waals surface area contributed by atoms with Crippen molar-refractivity contribution in [2.75, 3.05) is 6.54 Å². The molecule has 2 rings (SSSR count). The third kappa shape index (κ3) is 2.53. The molecule has 17 heavy (non-hydrogen) atoms. The molecule has 0 amide bonds. The van der Waals surface area contributed by atoms with Gasteiger partial charge in [0, 0.05) is 18.4 Å². The highest BCUT2D eigenvalue weighted by Crippen LogP contribution is 2.18. The van der Waals surface area contributed by atoms with Gasteiger partial charge in [0.1, 0.15) is 11.5 Å². The van der Waals surface area contributed by atoms with Crippen LogP contribution in [-0.4, -0.2) is 16.3 Å². The number of nitrogens with zero attached hydrogens (tertiary/aromatic N) is 2. The van der Waals surface area contributed by atoms with Crippen molar-refractivity contribution in [2.24, 2.45) is 0 Å². The molecule has 1 aromatic carbocycles. The second-order valence-corrected chi connectivity index (χ2v) is 3.94. The Bertz CT molecular complexity index is 479. The quantitative estimate of drug-likeness (QED) is 0.880. The van der Waals surface area contributed by atoms with Crippen molar-refractivity contribution in [3.8, 4) is 5.69 Å². The molecule has 0 bridgehead atoms. The fraction of sp³-hybridized carbons (Fsp3) is 0.308. The van der Waals surface area contributed by atoms with Gasteiger partial charge in [-0.25, -0.2) is 9.07 Å². The first kappa shape index (κ1) is 11.8. The van der Waals surface area contributed by atoms with Crippen LogP contribution in [0.4, 0.5) is 4.39 Å². The van der Waals surface area contributed by atoms with Crippen LogP contribution in [0.15, 0.2) is 36.7 Å². The molecule has 1 atom stereocenters. The molecule has 0 saturated heterocycles. The van der Waals surface area contributed by atoms with Gasteiger partial charge >= 0.3 is 0 Å². The minimum absolute atomic E-state index is 0.154. The maximum Gasteiger partial charge on any atom is 0.149 e. The molecule has 1 unspecified atom stereocenters. The van der Waals surface area contributed by atoms with Crippen molar-refractivity contribution in [1.82, 2.24) is 15.1 Å². The zero-order chi connectivity index (χ0) is 12.3. The smallest absolute Gasteiger partial charge is 0.149 e. The van der Waals surface area contributed by atoms with Crippen LogP contribution in [0.3, 0.4) is 0 Å². The van der Waals surface area contributed by atoms with Gasteiger partial charge in [0.25, 0.3) is 0 Å². The van der Waals surface area contributed by atoms with Gasteiger partial charge in [-0.05, 0) is 37.2 Å². The second-order valence-electron chi connectivity index (χ2n) is 3.94. The third-order valence-electron chi connectivity index (χ3n) is 2.73. The van der Waals surface area contributed by atoms with Gasteiger partial charge < -0.3 is 5.32 Å². The summed E-state index contributed by atoms with van der Waals surface area (Å²) in [7, 11) is 0. The Hall–Kier alpha value is -1.68. The van der Waals surface area contributed by atoms with E-state index in [1.807, 2.05) is 19.9 Å². The van der Waals surface area contributed by atoms with Crippen molar-refractivity contribution in [2.45, 2.75) is 19.9 Å². The predicted molar refractivity (Wildman–Crippen MR) is 65.6 cm³/mol. The van der Waals surface area contributed by atoms with Crippen LogP contribution >= 0.6 is 0 Å². The van der Waals surface area contributed by atoms with E-state index >= 15 is 0 Å². The highest BCUT2D eigenvalue weighted by atomic mass is 19.1. The number of rotatable bonds is 4. The number of hydrogen-bond donors (Lipinski definition) is 1. The molecule has 0 saturated carbocycles. The van der Waals surface area contributed by atoms with Gasteiger partial charge in [-0.1, -0.05) is 13.0 Å². The van der Waals surface area contributed by atoms with E-state index in [-0.39, 0.29) is 11.9 Å². The van der Waals surface area contributed by atoms with E-state index in [1.54, 1.807) is 30.6 Å². The fourth-order valence-electron chi connectivity index (χ4n) is 1.81. The number of benzene rings is 1. The van der Waals surface area contributed by atoms with Crippen molar-refractivity contribution < 1.29 is 4.39 Å². The highest BCUT2D eigenvalue weighted by molar-refractivity contribution is 5.36. The summed E-state index contributed by atoms with van der Waals surface area (Å²) in [6.45, 7) is 4.92. The summed E-state index contributed by atoms with van der Waals surface area (Å²) in [6.07, 6.45) is 3.36. The average Bonchev–Trinajstić information content (AvgIpc) is 2.82. The number of nitrogens with one attached hydrogen (secondary N) is 1. The van der Waals surface area contributed by atoms with Crippen LogP contribution in [0, 0.1) is 5.82 Å². The van der Waals surface area contributed by atoms with Crippen LogP contribution in [-0.2, 0) is 0 Å². The molecular formula is C13H16FN3. The van der Waals surface area contributed by atoms with E-state index in [0.29, 0.717) is 5.69 Å². The lowest BCUT2D eigenvalue weighted by atomic mass is 10.1. The minimum Gasteiger partial charge on any atom is -0.310 e. The van der Waals surface area contributed by atoms with Gasteiger partial charge in [0.05, 0.1) is 0 Å². The summed E-state index contributed by atoms with van der Waals surface area (Å²) in [5.74, 6) is -0.254. The molecule has 1 N–H and O–H groups in total. The van der Waals surface area contributed by atoms with Crippen molar-refractivity contribution in [3.05, 3.63) is 48.0 Å². The van der Waals surface area contributed by atoms with Crippen molar-refractivity contribution in [3.63, 3.8) is 0 Å². The van der Waals surface area contributed by atoms with Gasteiger partial charge in [0.15, 0.2) is 0 Å². The van der Waals surface area contributed by atoms with Crippen LogP contribution in [0.25, 0.3) is 5.69 Å². The lowest BCUT2D eigenvalue weighted by Crippen LogP contribution is -2.18. The molecule has 0 aliphatic rings. The van der Waals surface area contributed by atoms with Crippen molar-refractivity contribution in [1.29, 1.82) is 0 Å². The molecule has 1 heterocycles. The fourth-order valence-corrected chi connectivity index (χ4v) is 1.81. The molecule has 3 nitrogen and oxygen atoms in total. The Kier molecular flexibility index (Phi) is 3.54. The average molecular weight is 233 g/mol. The number of aromatic nitrogens is 2. The van der Waals surface area contributed by atoms with Crippen molar-refractivity contribution >= 4 is 0 Å². The van der Waals surface area contributed by atoms with E-state index in [0.717, 1.165) is 12.1 Å². The Balaban J connectivity index is 2.29. The summed E-state index contributed by atoms with van der Waals surface area (Å²) in [6, 6.07) is 7.17. The lowest BCUT2D eigenvalue weighted by Gasteiger charge is -2.13. The normalized spacial score (nSPS) is 12.6. The van der Waals surface area contributed by atoms with E-state index in [4.69, 9.17) is 0 Å². The summed E-state index contributed by atoms with van der Waals surface area (Å²) in [5.41, 5.74) is 1.42. The van der Waals surface area contributed by atoms with Gasteiger partial charge in [-0.3, -0.25) is 0 Å². The zero-order valence-electron chi connectivity index (χ0n) is 10.0. The summed E-state index contributed by atoms with van der Waals surface area (Å²) < 4.78 is 15.5. The molecular weight excluding hydrogens is 217 g/mol. The molecule has 1 aromatic heterocycles. The van der Waals surface area contributed by atoms with E-state index in [1.165, 1.54) is 4.68 Å². The summed E-state index contributed by atoms with van der Waals surface area (Å²) in [5, 5.41) is 7.27. The summed E-state index contributed by atoms with van der Waals surface area (Å²) >= 11 is 0. The minimum atomic E-state index is -0.254. The molecule has 0 spiro atoms. The van der Waals surface area contributed by atoms with Crippen LogP contribution in [0.2, 0.25) is 0 Å². The summed E-state index contributed by atoms with van der Waals surface area (Å²) in [4.78, 5) is 0. The number of halogens is 1. The first-order valence-electron chi connectivity index (χ1n) is 5.75. The zero-order valence-corrected chi connectivity index (χ0v) is 10.0. The molecule has 0 aliphatic carbocycles. The SMILES string of the molecule is CCNC(C)c1ccc(-n2cccn2)c(F)c1. The molecule has 0 radical (unpaired) electrons. The number of hydrogen-bond acceptors (Lipinski definition) is 2. The molecule has 0 fully saturated rings. The predicted octanol–water partition coefficient (Wildman–Crippen LogP) is 2.68. The topological polar surface area (TPSA) is 29.9 Å². The van der Waals surface area contributed by atoms with Gasteiger partial charge in [-0.15, -0.1) is 0 Å². The maximum atomic E-state index is 13.9. The maximum absolute atomic E-state index is 13.9. The Morgan fingerprint density at radius 1 is 1.47 bits per heavy atom. The molecule has 4 heteroatoms. The lowest BCUT2D eigenvalue weighted by molar-refractivity contribution is 0.577. The van der Waals surface area contributed by atoms with Crippen LogP contribution in [0.5, 0.6) is 0 Å². The Morgan fingerprint density at radius 3 is 2.88 bits per heavy atom. The molecule has 2 aromatic rings. The first-order valence-corrected chi connectivity index (χ1v) is 5.75. The molecule has 0 aliphatic heterocycles. The largest absolute Gasteiger partial charge is 0.310 e. The standard InChI is InChI=1S/C13H16FN3/c1-3-15-10(2)11-5-6-13(12(14)9-11)17-8-4-7-16-17/h4-10,15H,3H2,1-2H3. The van der Waals surface area contributed by atoms with Crippen LogP contribution in [0.1, 0.15) is 25.5 Å².